The van der Waals surface area contributed by atoms with E-state index in [0.717, 1.165) is 25.8 Å². The summed E-state index contributed by atoms with van der Waals surface area (Å²) in [4.78, 5) is 24.3. The molecule has 104 valence electrons. The highest BCUT2D eigenvalue weighted by Crippen LogP contribution is 2.27. The molecule has 1 saturated carbocycles. The molecular weight excluding hydrogens is 232 g/mol. The minimum atomic E-state index is -0.838. The summed E-state index contributed by atoms with van der Waals surface area (Å²) in [5.74, 6) is -0.737. The van der Waals surface area contributed by atoms with Gasteiger partial charge in [0.2, 0.25) is 5.91 Å². The molecule has 0 spiro atoms. The average molecular weight is 256 g/mol. The van der Waals surface area contributed by atoms with Crippen LogP contribution in [0.3, 0.4) is 0 Å². The minimum absolute atomic E-state index is 0.0481. The molecule has 0 heterocycles. The van der Waals surface area contributed by atoms with Gasteiger partial charge in [-0.3, -0.25) is 9.59 Å². The van der Waals surface area contributed by atoms with E-state index in [0.29, 0.717) is 25.0 Å². The van der Waals surface area contributed by atoms with Gasteiger partial charge in [-0.1, -0.05) is 13.8 Å². The Hall–Kier alpha value is -1.10. The standard InChI is InChI=1S/C13H24N2O3/c1-10(2)14-8-3-4-12(16)15(11-5-6-11)9-7-13(17)18/h10-11,14H,3-9H2,1-2H3,(H,17,18). The first-order valence-corrected chi connectivity index (χ1v) is 6.75. The molecule has 1 rings (SSSR count). The van der Waals surface area contributed by atoms with Gasteiger partial charge in [-0.2, -0.15) is 0 Å². The van der Waals surface area contributed by atoms with Gasteiger partial charge in [0.15, 0.2) is 0 Å². The lowest BCUT2D eigenvalue weighted by atomic mass is 10.2. The number of amides is 1. The second-order valence-electron chi connectivity index (χ2n) is 5.17. The van der Waals surface area contributed by atoms with Gasteiger partial charge in [0, 0.05) is 25.0 Å². The maximum atomic E-state index is 12.0. The maximum Gasteiger partial charge on any atom is 0.305 e. The van der Waals surface area contributed by atoms with E-state index in [2.05, 4.69) is 19.2 Å². The topological polar surface area (TPSA) is 69.6 Å². The van der Waals surface area contributed by atoms with Crippen LogP contribution in [0.5, 0.6) is 0 Å². The third-order valence-electron chi connectivity index (χ3n) is 2.99. The molecule has 5 heteroatoms. The summed E-state index contributed by atoms with van der Waals surface area (Å²) >= 11 is 0. The number of carboxylic acids is 1. The van der Waals surface area contributed by atoms with Crippen LogP contribution in [-0.4, -0.2) is 47.1 Å². The molecule has 1 aliphatic carbocycles. The average Bonchev–Trinajstić information content (AvgIpc) is 3.08. The quantitative estimate of drug-likeness (QED) is 0.609. The first-order chi connectivity index (χ1) is 8.50. The van der Waals surface area contributed by atoms with E-state index in [4.69, 9.17) is 5.11 Å². The number of nitrogens with zero attached hydrogens (tertiary/aromatic N) is 1. The molecule has 2 N–H and O–H groups in total. The van der Waals surface area contributed by atoms with Gasteiger partial charge in [-0.05, 0) is 25.8 Å². The largest absolute Gasteiger partial charge is 0.481 e. The molecule has 18 heavy (non-hydrogen) atoms. The molecular formula is C13H24N2O3. The van der Waals surface area contributed by atoms with E-state index in [1.54, 1.807) is 4.90 Å². The van der Waals surface area contributed by atoms with E-state index in [1.807, 2.05) is 0 Å². The number of aliphatic carboxylic acids is 1. The Balaban J connectivity index is 2.24. The summed E-state index contributed by atoms with van der Waals surface area (Å²) < 4.78 is 0. The minimum Gasteiger partial charge on any atom is -0.481 e. The predicted octanol–water partition coefficient (Wildman–Crippen LogP) is 1.23. The summed E-state index contributed by atoms with van der Waals surface area (Å²) in [7, 11) is 0. The zero-order valence-electron chi connectivity index (χ0n) is 11.3. The molecule has 1 aliphatic rings. The van der Waals surface area contributed by atoms with Crippen molar-refractivity contribution in [1.82, 2.24) is 10.2 Å². The number of carbonyl (C=O) groups excluding carboxylic acids is 1. The van der Waals surface area contributed by atoms with Gasteiger partial charge < -0.3 is 15.3 Å². The van der Waals surface area contributed by atoms with E-state index in [1.165, 1.54) is 0 Å². The van der Waals surface area contributed by atoms with Crippen molar-refractivity contribution >= 4 is 11.9 Å². The molecule has 0 unspecified atom stereocenters. The fraction of sp³-hybridized carbons (Fsp3) is 0.846. The van der Waals surface area contributed by atoms with Crippen molar-refractivity contribution in [1.29, 1.82) is 0 Å². The maximum absolute atomic E-state index is 12.0. The molecule has 0 saturated heterocycles. The Morgan fingerprint density at radius 1 is 1.33 bits per heavy atom. The molecule has 0 aromatic carbocycles. The molecule has 5 nitrogen and oxygen atoms in total. The van der Waals surface area contributed by atoms with Gasteiger partial charge in [0.25, 0.3) is 0 Å². The van der Waals surface area contributed by atoms with Gasteiger partial charge in [-0.15, -0.1) is 0 Å². The monoisotopic (exact) mass is 256 g/mol. The number of carboxylic acid groups (broad SMARTS) is 1. The van der Waals surface area contributed by atoms with E-state index < -0.39 is 5.97 Å². The second kappa shape index (κ2) is 7.36. The van der Waals surface area contributed by atoms with Crippen LogP contribution in [0.1, 0.15) is 46.0 Å². The third-order valence-corrected chi connectivity index (χ3v) is 2.99. The van der Waals surface area contributed by atoms with Crippen molar-refractivity contribution in [2.75, 3.05) is 13.1 Å². The van der Waals surface area contributed by atoms with E-state index >= 15 is 0 Å². The van der Waals surface area contributed by atoms with Crippen molar-refractivity contribution in [3.8, 4) is 0 Å². The Bertz CT molecular complexity index is 288. The summed E-state index contributed by atoms with van der Waals surface area (Å²) in [6, 6.07) is 0.738. The molecule has 0 bridgehead atoms. The number of carbonyl (C=O) groups is 2. The van der Waals surface area contributed by atoms with Crippen LogP contribution in [0, 0.1) is 0 Å². The van der Waals surface area contributed by atoms with Crippen LogP contribution in [-0.2, 0) is 9.59 Å². The fourth-order valence-electron chi connectivity index (χ4n) is 1.89. The van der Waals surface area contributed by atoms with Gasteiger partial charge in [-0.25, -0.2) is 0 Å². The van der Waals surface area contributed by atoms with Crippen molar-refractivity contribution < 1.29 is 14.7 Å². The lowest BCUT2D eigenvalue weighted by Crippen LogP contribution is -2.35. The number of hydrogen-bond donors (Lipinski definition) is 2. The van der Waals surface area contributed by atoms with E-state index in [9.17, 15) is 9.59 Å². The highest BCUT2D eigenvalue weighted by molar-refractivity contribution is 5.77. The summed E-state index contributed by atoms with van der Waals surface area (Å²) in [6.45, 7) is 5.34. The van der Waals surface area contributed by atoms with E-state index in [-0.39, 0.29) is 12.3 Å². The molecule has 0 aliphatic heterocycles. The smallest absolute Gasteiger partial charge is 0.305 e. The lowest BCUT2D eigenvalue weighted by molar-refractivity contribution is -0.138. The SMILES string of the molecule is CC(C)NCCCC(=O)N(CCC(=O)O)C1CC1. The molecule has 0 aromatic heterocycles. The molecule has 0 aromatic rings. The highest BCUT2D eigenvalue weighted by Gasteiger charge is 2.32. The van der Waals surface area contributed by atoms with Crippen molar-refractivity contribution in [3.63, 3.8) is 0 Å². The van der Waals surface area contributed by atoms with Gasteiger partial charge >= 0.3 is 5.97 Å². The number of hydrogen-bond acceptors (Lipinski definition) is 3. The van der Waals surface area contributed by atoms with Crippen molar-refractivity contribution in [2.24, 2.45) is 0 Å². The van der Waals surface area contributed by atoms with Crippen LogP contribution in [0.2, 0.25) is 0 Å². The Kier molecular flexibility index (Phi) is 6.12. The predicted molar refractivity (Wildman–Crippen MR) is 69.4 cm³/mol. The normalized spacial score (nSPS) is 14.8. The highest BCUT2D eigenvalue weighted by atomic mass is 16.4. The van der Waals surface area contributed by atoms with Crippen LogP contribution in [0.15, 0.2) is 0 Å². The summed E-state index contributed by atoms with van der Waals surface area (Å²) in [5, 5.41) is 11.9. The summed E-state index contributed by atoms with van der Waals surface area (Å²) in [6.07, 6.45) is 3.42. The third kappa shape index (κ3) is 6.00. The van der Waals surface area contributed by atoms with Crippen LogP contribution >= 0.6 is 0 Å². The molecule has 1 amide bonds. The van der Waals surface area contributed by atoms with Crippen LogP contribution in [0.4, 0.5) is 0 Å². The Labute approximate surface area is 109 Å². The van der Waals surface area contributed by atoms with Crippen molar-refractivity contribution in [2.45, 2.75) is 58.0 Å². The zero-order chi connectivity index (χ0) is 13.5. The summed E-state index contributed by atoms with van der Waals surface area (Å²) in [5.41, 5.74) is 0. The first-order valence-electron chi connectivity index (χ1n) is 6.75. The van der Waals surface area contributed by atoms with Crippen LogP contribution < -0.4 is 5.32 Å². The second-order valence-corrected chi connectivity index (χ2v) is 5.17. The Morgan fingerprint density at radius 2 is 2.00 bits per heavy atom. The van der Waals surface area contributed by atoms with Gasteiger partial charge in [0.1, 0.15) is 0 Å². The zero-order valence-corrected chi connectivity index (χ0v) is 11.3. The molecule has 1 fully saturated rings. The van der Waals surface area contributed by atoms with Gasteiger partial charge in [0.05, 0.1) is 6.42 Å². The number of nitrogens with one attached hydrogen (secondary N) is 1. The molecule has 0 radical (unpaired) electrons. The fourth-order valence-corrected chi connectivity index (χ4v) is 1.89. The number of rotatable bonds is 9. The van der Waals surface area contributed by atoms with Crippen molar-refractivity contribution in [3.05, 3.63) is 0 Å². The lowest BCUT2D eigenvalue weighted by Gasteiger charge is -2.21. The van der Waals surface area contributed by atoms with Crippen LogP contribution in [0.25, 0.3) is 0 Å². The first kappa shape index (κ1) is 15.0. The molecule has 0 atom stereocenters. The Morgan fingerprint density at radius 3 is 2.50 bits per heavy atom.